The second-order valence-electron chi connectivity index (χ2n) is 4.16. The molecule has 0 aromatic carbocycles. The number of ether oxygens (including phenoxy) is 1. The number of anilines is 1. The van der Waals surface area contributed by atoms with Crippen molar-refractivity contribution in [2.45, 2.75) is 18.9 Å². The molecule has 0 spiro atoms. The number of H-pyrrole nitrogens is 1. The van der Waals surface area contributed by atoms with Crippen LogP contribution in [0, 0.1) is 0 Å². The summed E-state index contributed by atoms with van der Waals surface area (Å²) in [6.45, 7) is -1.92. The quantitative estimate of drug-likeness (QED) is 0.485. The summed E-state index contributed by atoms with van der Waals surface area (Å²) in [4.78, 5) is 21.5. The first-order valence-corrected chi connectivity index (χ1v) is 5.73. The van der Waals surface area contributed by atoms with Crippen molar-refractivity contribution in [1.29, 1.82) is 0 Å². The van der Waals surface area contributed by atoms with Gasteiger partial charge in [-0.2, -0.15) is 4.98 Å². The molecule has 0 bridgehead atoms. The van der Waals surface area contributed by atoms with Gasteiger partial charge in [-0.25, -0.2) is 9.37 Å². The van der Waals surface area contributed by atoms with Gasteiger partial charge < -0.3 is 20.7 Å². The molecule has 0 saturated carbocycles. The van der Waals surface area contributed by atoms with E-state index >= 15 is 0 Å². The highest BCUT2D eigenvalue weighted by Gasteiger charge is 2.27. The van der Waals surface area contributed by atoms with Crippen molar-refractivity contribution in [2.75, 3.05) is 19.0 Å². The molecule has 5 N–H and O–H groups in total. The lowest BCUT2D eigenvalue weighted by Crippen LogP contribution is -2.36. The third-order valence-electron chi connectivity index (χ3n) is 2.68. The van der Waals surface area contributed by atoms with Crippen LogP contribution in [0.15, 0.2) is 11.1 Å². The van der Waals surface area contributed by atoms with Gasteiger partial charge in [-0.05, 0) is 0 Å². The number of aromatic amines is 1. The van der Waals surface area contributed by atoms with E-state index in [1.165, 1.54) is 10.9 Å². The maximum Gasteiger partial charge on any atom is 0.280 e. The summed E-state index contributed by atoms with van der Waals surface area (Å²) in [5, 5.41) is 18.4. The molecule has 0 amide bonds. The second-order valence-corrected chi connectivity index (χ2v) is 4.16. The first-order valence-electron chi connectivity index (χ1n) is 5.73. The van der Waals surface area contributed by atoms with Crippen molar-refractivity contribution in [1.82, 2.24) is 19.5 Å². The summed E-state index contributed by atoms with van der Waals surface area (Å²) in [5.74, 6) is -2.20. The normalized spacial score (nSPS) is 14.6. The molecule has 10 heteroatoms. The number of rotatable bonds is 6. The van der Waals surface area contributed by atoms with Crippen LogP contribution in [0.1, 0.15) is 6.42 Å². The lowest BCUT2D eigenvalue weighted by Gasteiger charge is -2.24. The number of nitrogens with zero attached hydrogens (tertiary/aromatic N) is 3. The van der Waals surface area contributed by atoms with Gasteiger partial charge in [0.05, 0.1) is 6.33 Å². The van der Waals surface area contributed by atoms with Crippen LogP contribution >= 0.6 is 0 Å². The summed E-state index contributed by atoms with van der Waals surface area (Å²) < 4.78 is 19.0. The number of nitrogens with two attached hydrogens (primary N) is 1. The Balaban J connectivity index is 2.24. The highest BCUT2D eigenvalue weighted by molar-refractivity contribution is 5.70. The molecule has 2 rings (SSSR count). The topological polar surface area (TPSA) is 139 Å². The third kappa shape index (κ3) is 2.76. The molecular formula is C10H14FN5O4. The van der Waals surface area contributed by atoms with E-state index in [0.29, 0.717) is 0 Å². The molecule has 1 unspecified atom stereocenters. The molecule has 9 nitrogen and oxygen atoms in total. The number of aliphatic hydroxyl groups is 2. The Labute approximate surface area is 111 Å². The van der Waals surface area contributed by atoms with Gasteiger partial charge in [0, 0.05) is 13.0 Å². The van der Waals surface area contributed by atoms with E-state index in [4.69, 9.17) is 15.6 Å². The predicted molar refractivity (Wildman–Crippen MR) is 66.3 cm³/mol. The average Bonchev–Trinajstić information content (AvgIpc) is 2.80. The van der Waals surface area contributed by atoms with Gasteiger partial charge in [0.25, 0.3) is 5.56 Å². The summed E-state index contributed by atoms with van der Waals surface area (Å²) >= 11 is 0. The standard InChI is InChI=1S/C10H14FN5O4/c11-3-10(19,1-2-17)20-5-16-4-13-6-7(16)14-9(12)15-8(6)18/h4,17,19H,1-3,5H2,(H3,12,14,15,18). The fourth-order valence-electron chi connectivity index (χ4n) is 1.61. The van der Waals surface area contributed by atoms with Crippen LogP contribution in [0.4, 0.5) is 10.3 Å². The first kappa shape index (κ1) is 14.4. The smallest absolute Gasteiger partial charge is 0.280 e. The van der Waals surface area contributed by atoms with Crippen molar-refractivity contribution in [2.24, 2.45) is 0 Å². The molecule has 2 heterocycles. The molecule has 1 atom stereocenters. The molecule has 2 aromatic heterocycles. The maximum atomic E-state index is 12.7. The van der Waals surface area contributed by atoms with Crippen LogP contribution < -0.4 is 11.3 Å². The van der Waals surface area contributed by atoms with Crippen molar-refractivity contribution in [3.63, 3.8) is 0 Å². The molecular weight excluding hydrogens is 273 g/mol. The number of imidazole rings is 1. The Morgan fingerprint density at radius 3 is 3.00 bits per heavy atom. The van der Waals surface area contributed by atoms with Crippen LogP contribution in [0.5, 0.6) is 0 Å². The zero-order chi connectivity index (χ0) is 14.8. The lowest BCUT2D eigenvalue weighted by atomic mass is 10.2. The fraction of sp³-hybridized carbons (Fsp3) is 0.500. The summed E-state index contributed by atoms with van der Waals surface area (Å²) in [7, 11) is 0. The van der Waals surface area contributed by atoms with E-state index in [0.717, 1.165) is 0 Å². The predicted octanol–water partition coefficient (Wildman–Crippen LogP) is -1.28. The van der Waals surface area contributed by atoms with Gasteiger partial charge in [-0.15, -0.1) is 0 Å². The average molecular weight is 287 g/mol. The number of alkyl halides is 1. The van der Waals surface area contributed by atoms with Crippen LogP contribution in [0.25, 0.3) is 11.2 Å². The van der Waals surface area contributed by atoms with Gasteiger partial charge in [0.2, 0.25) is 5.95 Å². The molecule has 0 aliphatic heterocycles. The van der Waals surface area contributed by atoms with E-state index in [9.17, 15) is 14.3 Å². The lowest BCUT2D eigenvalue weighted by molar-refractivity contribution is -0.237. The minimum Gasteiger partial charge on any atom is -0.396 e. The number of aliphatic hydroxyl groups excluding tert-OH is 1. The van der Waals surface area contributed by atoms with Gasteiger partial charge >= 0.3 is 0 Å². The van der Waals surface area contributed by atoms with Gasteiger partial charge in [-0.1, -0.05) is 0 Å². The molecule has 0 aliphatic rings. The van der Waals surface area contributed by atoms with Gasteiger partial charge in [0.1, 0.15) is 13.4 Å². The Hall–Kier alpha value is -2.04. The van der Waals surface area contributed by atoms with Crippen molar-refractivity contribution < 1.29 is 19.3 Å². The summed E-state index contributed by atoms with van der Waals surface area (Å²) in [6.07, 6.45) is 0.968. The number of fused-ring (bicyclic) bond motifs is 1. The maximum absolute atomic E-state index is 12.7. The van der Waals surface area contributed by atoms with Crippen molar-refractivity contribution in [3.8, 4) is 0 Å². The second kappa shape index (κ2) is 5.53. The largest absolute Gasteiger partial charge is 0.396 e. The number of aromatic nitrogens is 4. The van der Waals surface area contributed by atoms with Crippen molar-refractivity contribution in [3.05, 3.63) is 16.7 Å². The zero-order valence-corrected chi connectivity index (χ0v) is 10.4. The molecule has 0 radical (unpaired) electrons. The van der Waals surface area contributed by atoms with E-state index in [1.54, 1.807) is 0 Å². The monoisotopic (exact) mass is 287 g/mol. The highest BCUT2D eigenvalue weighted by atomic mass is 19.1. The Morgan fingerprint density at radius 2 is 2.35 bits per heavy atom. The molecule has 0 aliphatic carbocycles. The number of hydrogen-bond acceptors (Lipinski definition) is 7. The fourth-order valence-corrected chi connectivity index (χ4v) is 1.61. The zero-order valence-electron chi connectivity index (χ0n) is 10.4. The Kier molecular flexibility index (Phi) is 3.97. The van der Waals surface area contributed by atoms with E-state index in [2.05, 4.69) is 15.0 Å². The van der Waals surface area contributed by atoms with Crippen LogP contribution in [0.2, 0.25) is 0 Å². The van der Waals surface area contributed by atoms with Gasteiger partial charge in [0.15, 0.2) is 17.0 Å². The molecule has 110 valence electrons. The van der Waals surface area contributed by atoms with E-state index < -0.39 is 24.6 Å². The van der Waals surface area contributed by atoms with Crippen LogP contribution in [-0.2, 0) is 11.5 Å². The van der Waals surface area contributed by atoms with Crippen LogP contribution in [-0.4, -0.2) is 48.8 Å². The molecule has 20 heavy (non-hydrogen) atoms. The van der Waals surface area contributed by atoms with Crippen molar-refractivity contribution >= 4 is 17.1 Å². The molecule has 2 aromatic rings. The van der Waals surface area contributed by atoms with Crippen LogP contribution in [0.3, 0.4) is 0 Å². The summed E-state index contributed by atoms with van der Waals surface area (Å²) in [6, 6.07) is 0. The highest BCUT2D eigenvalue weighted by Crippen LogP contribution is 2.15. The number of nitrogens with one attached hydrogen (secondary N) is 1. The number of halogens is 1. The first-order chi connectivity index (χ1) is 9.49. The Bertz CT molecular complexity index is 657. The van der Waals surface area contributed by atoms with E-state index in [1.807, 2.05) is 0 Å². The minimum atomic E-state index is -2.10. The Morgan fingerprint density at radius 1 is 1.60 bits per heavy atom. The third-order valence-corrected chi connectivity index (χ3v) is 2.68. The molecule has 0 fully saturated rings. The summed E-state index contributed by atoms with van der Waals surface area (Å²) in [5.41, 5.74) is 5.11. The molecule has 0 saturated heterocycles. The van der Waals surface area contributed by atoms with E-state index in [-0.39, 0.29) is 30.3 Å². The minimum absolute atomic E-state index is 0.0498. The number of hydrogen-bond donors (Lipinski definition) is 4. The van der Waals surface area contributed by atoms with Gasteiger partial charge in [-0.3, -0.25) is 14.3 Å². The number of nitrogen functional groups attached to an aromatic ring is 1. The SMILES string of the molecule is Nc1nc2c(ncn2COC(O)(CF)CCO)c(=O)[nH]1.